The molecular formula is C20H26N6O. The maximum atomic E-state index is 6.12. The number of aromatic nitrogens is 4. The van der Waals surface area contributed by atoms with Crippen LogP contribution < -0.4 is 15.4 Å². The standard InChI is InChI=1S/C20H26N6O/c1-13(2)17-14(3)25-26-18(17)23-20(27-16-10-7-11-21-12-16)24-19(26)22-15-8-5-4-6-9-15/h4-6,8-9,13,16,21H,7,10-12H2,1-3H3,(H,22,23,24)/t16-/m1/s1. The Kier molecular flexibility index (Phi) is 4.94. The van der Waals surface area contributed by atoms with Crippen LogP contribution in [0, 0.1) is 6.92 Å². The Morgan fingerprint density at radius 3 is 2.74 bits per heavy atom. The Balaban J connectivity index is 1.77. The summed E-state index contributed by atoms with van der Waals surface area (Å²) in [5.41, 5.74) is 3.84. The minimum absolute atomic E-state index is 0.0947. The van der Waals surface area contributed by atoms with Crippen LogP contribution in [0.2, 0.25) is 0 Å². The summed E-state index contributed by atoms with van der Waals surface area (Å²) in [5, 5.41) is 11.4. The number of ether oxygens (including phenoxy) is 1. The predicted octanol–water partition coefficient (Wildman–Crippen LogP) is 3.43. The van der Waals surface area contributed by atoms with Crippen molar-refractivity contribution < 1.29 is 4.74 Å². The second-order valence-electron chi connectivity index (χ2n) is 7.30. The lowest BCUT2D eigenvalue weighted by molar-refractivity contribution is 0.153. The number of anilines is 2. The van der Waals surface area contributed by atoms with E-state index in [0.717, 1.165) is 48.5 Å². The third kappa shape index (κ3) is 3.73. The Hall–Kier alpha value is -2.67. The minimum atomic E-state index is 0.0947. The van der Waals surface area contributed by atoms with Crippen molar-refractivity contribution in [1.29, 1.82) is 0 Å². The monoisotopic (exact) mass is 366 g/mol. The fraction of sp³-hybridized carbons (Fsp3) is 0.450. The zero-order valence-corrected chi connectivity index (χ0v) is 16.1. The van der Waals surface area contributed by atoms with Crippen molar-refractivity contribution in [3.8, 4) is 6.01 Å². The third-order valence-electron chi connectivity index (χ3n) is 4.82. The van der Waals surface area contributed by atoms with E-state index in [4.69, 9.17) is 9.72 Å². The van der Waals surface area contributed by atoms with Crippen LogP contribution in [0.15, 0.2) is 30.3 Å². The van der Waals surface area contributed by atoms with Crippen LogP contribution >= 0.6 is 0 Å². The largest absolute Gasteiger partial charge is 0.459 e. The number of nitrogens with zero attached hydrogens (tertiary/aromatic N) is 4. The van der Waals surface area contributed by atoms with E-state index < -0.39 is 0 Å². The van der Waals surface area contributed by atoms with Crippen LogP contribution in [0.3, 0.4) is 0 Å². The molecule has 142 valence electrons. The van der Waals surface area contributed by atoms with Crippen molar-refractivity contribution in [3.63, 3.8) is 0 Å². The summed E-state index contributed by atoms with van der Waals surface area (Å²) in [6.07, 6.45) is 2.21. The number of fused-ring (bicyclic) bond motifs is 1. The molecule has 4 rings (SSSR count). The molecule has 0 radical (unpaired) electrons. The molecule has 2 N–H and O–H groups in total. The molecular weight excluding hydrogens is 340 g/mol. The summed E-state index contributed by atoms with van der Waals surface area (Å²) < 4.78 is 7.90. The first kappa shape index (κ1) is 17.7. The normalized spacial score (nSPS) is 17.4. The lowest BCUT2D eigenvalue weighted by Crippen LogP contribution is -2.37. The molecule has 7 nitrogen and oxygen atoms in total. The van der Waals surface area contributed by atoms with Gasteiger partial charge in [-0.3, -0.25) is 0 Å². The van der Waals surface area contributed by atoms with Gasteiger partial charge in [-0.2, -0.15) is 19.6 Å². The summed E-state index contributed by atoms with van der Waals surface area (Å²) in [6, 6.07) is 10.4. The van der Waals surface area contributed by atoms with Crippen molar-refractivity contribution in [2.24, 2.45) is 0 Å². The molecule has 3 heterocycles. The molecule has 0 bridgehead atoms. The Morgan fingerprint density at radius 2 is 2.04 bits per heavy atom. The Labute approximate surface area is 159 Å². The van der Waals surface area contributed by atoms with Crippen LogP contribution in [0.25, 0.3) is 5.65 Å². The molecule has 27 heavy (non-hydrogen) atoms. The van der Waals surface area contributed by atoms with Gasteiger partial charge < -0.3 is 15.4 Å². The van der Waals surface area contributed by atoms with Gasteiger partial charge in [0.05, 0.1) is 5.69 Å². The highest BCUT2D eigenvalue weighted by molar-refractivity contribution is 5.60. The van der Waals surface area contributed by atoms with Gasteiger partial charge in [0.25, 0.3) is 0 Å². The van der Waals surface area contributed by atoms with E-state index in [1.807, 2.05) is 37.3 Å². The van der Waals surface area contributed by atoms with Gasteiger partial charge in [0.2, 0.25) is 5.95 Å². The first-order chi connectivity index (χ1) is 13.1. The number of para-hydroxylation sites is 1. The molecule has 1 saturated heterocycles. The van der Waals surface area contributed by atoms with Gasteiger partial charge in [0.15, 0.2) is 5.65 Å². The molecule has 7 heteroatoms. The van der Waals surface area contributed by atoms with Gasteiger partial charge in [-0.25, -0.2) is 0 Å². The van der Waals surface area contributed by atoms with Crippen molar-refractivity contribution >= 4 is 17.3 Å². The van der Waals surface area contributed by atoms with E-state index >= 15 is 0 Å². The molecule has 1 fully saturated rings. The van der Waals surface area contributed by atoms with Gasteiger partial charge in [-0.15, -0.1) is 0 Å². The first-order valence-corrected chi connectivity index (χ1v) is 9.58. The van der Waals surface area contributed by atoms with Crippen molar-refractivity contribution in [2.45, 2.75) is 45.6 Å². The van der Waals surface area contributed by atoms with E-state index in [2.05, 4.69) is 34.6 Å². The lowest BCUT2D eigenvalue weighted by Gasteiger charge is -2.23. The third-order valence-corrected chi connectivity index (χ3v) is 4.82. The smallest absolute Gasteiger partial charge is 0.322 e. The molecule has 1 atom stereocenters. The Bertz CT molecular complexity index is 915. The molecule has 1 aromatic carbocycles. The molecule has 0 unspecified atom stereocenters. The number of hydrogen-bond acceptors (Lipinski definition) is 6. The molecule has 1 aliphatic heterocycles. The van der Waals surface area contributed by atoms with E-state index in [1.165, 1.54) is 0 Å². The van der Waals surface area contributed by atoms with Crippen LogP contribution in [-0.4, -0.2) is 38.8 Å². The Morgan fingerprint density at radius 1 is 1.22 bits per heavy atom. The summed E-state index contributed by atoms with van der Waals surface area (Å²) in [6.45, 7) is 8.19. The molecule has 0 aliphatic carbocycles. The summed E-state index contributed by atoms with van der Waals surface area (Å²) in [5.74, 6) is 0.922. The second-order valence-corrected chi connectivity index (χ2v) is 7.30. The molecule has 0 spiro atoms. The first-order valence-electron chi connectivity index (χ1n) is 9.58. The maximum absolute atomic E-state index is 6.12. The molecule has 0 saturated carbocycles. The second kappa shape index (κ2) is 7.52. The zero-order chi connectivity index (χ0) is 18.8. The highest BCUT2D eigenvalue weighted by Gasteiger charge is 2.21. The van der Waals surface area contributed by atoms with Crippen LogP contribution in [0.1, 0.15) is 43.9 Å². The number of nitrogens with one attached hydrogen (secondary N) is 2. The summed E-state index contributed by atoms with van der Waals surface area (Å²) in [4.78, 5) is 9.35. The van der Waals surface area contributed by atoms with Crippen molar-refractivity contribution in [2.75, 3.05) is 18.4 Å². The molecule has 2 aromatic heterocycles. The number of piperidine rings is 1. The highest BCUT2D eigenvalue weighted by Crippen LogP contribution is 2.27. The van der Waals surface area contributed by atoms with E-state index in [0.29, 0.717) is 17.9 Å². The number of rotatable bonds is 5. The highest BCUT2D eigenvalue weighted by atomic mass is 16.5. The fourth-order valence-corrected chi connectivity index (χ4v) is 3.57. The number of benzene rings is 1. The van der Waals surface area contributed by atoms with E-state index in [-0.39, 0.29) is 6.10 Å². The lowest BCUT2D eigenvalue weighted by atomic mass is 10.0. The minimum Gasteiger partial charge on any atom is -0.459 e. The van der Waals surface area contributed by atoms with E-state index in [1.54, 1.807) is 4.52 Å². The predicted molar refractivity (Wildman–Crippen MR) is 106 cm³/mol. The molecule has 0 amide bonds. The zero-order valence-electron chi connectivity index (χ0n) is 16.1. The molecule has 1 aliphatic rings. The van der Waals surface area contributed by atoms with E-state index in [9.17, 15) is 0 Å². The average molecular weight is 366 g/mol. The van der Waals surface area contributed by atoms with Gasteiger partial charge >= 0.3 is 6.01 Å². The van der Waals surface area contributed by atoms with Crippen LogP contribution in [0.4, 0.5) is 11.6 Å². The molecule has 3 aromatic rings. The van der Waals surface area contributed by atoms with Crippen molar-refractivity contribution in [1.82, 2.24) is 24.9 Å². The van der Waals surface area contributed by atoms with Gasteiger partial charge in [-0.05, 0) is 44.4 Å². The topological polar surface area (TPSA) is 76.4 Å². The van der Waals surface area contributed by atoms with Crippen LogP contribution in [0.5, 0.6) is 6.01 Å². The van der Waals surface area contributed by atoms with Gasteiger partial charge in [0, 0.05) is 17.8 Å². The number of hydrogen-bond donors (Lipinski definition) is 2. The SMILES string of the molecule is Cc1nn2c(Nc3ccccc3)nc(O[C@@H]3CCCNC3)nc2c1C(C)C. The van der Waals surface area contributed by atoms with Gasteiger partial charge in [-0.1, -0.05) is 32.0 Å². The summed E-state index contributed by atoms with van der Waals surface area (Å²) >= 11 is 0. The average Bonchev–Trinajstić information content (AvgIpc) is 3.00. The van der Waals surface area contributed by atoms with Crippen molar-refractivity contribution in [3.05, 3.63) is 41.6 Å². The number of aryl methyl sites for hydroxylation is 1. The fourth-order valence-electron chi connectivity index (χ4n) is 3.57. The maximum Gasteiger partial charge on any atom is 0.322 e. The summed E-state index contributed by atoms with van der Waals surface area (Å²) in [7, 11) is 0. The van der Waals surface area contributed by atoms with Gasteiger partial charge in [0.1, 0.15) is 6.10 Å². The quantitative estimate of drug-likeness (QED) is 0.720. The van der Waals surface area contributed by atoms with Crippen LogP contribution in [-0.2, 0) is 0 Å².